The maximum absolute atomic E-state index is 12.3. The number of hydrogen-bond acceptors (Lipinski definition) is 3. The Kier molecular flexibility index (Phi) is 4.33. The van der Waals surface area contributed by atoms with Crippen molar-refractivity contribution in [3.05, 3.63) is 60.3 Å². The van der Waals surface area contributed by atoms with Crippen molar-refractivity contribution in [2.24, 2.45) is 0 Å². The van der Waals surface area contributed by atoms with E-state index in [-0.39, 0.29) is 30.6 Å². The van der Waals surface area contributed by atoms with Crippen LogP contribution in [0.4, 0.5) is 11.4 Å². The molecule has 2 heterocycles. The molecule has 0 fully saturated rings. The number of benzene rings is 2. The first-order valence-corrected chi connectivity index (χ1v) is 8.68. The van der Waals surface area contributed by atoms with Crippen LogP contribution in [-0.4, -0.2) is 28.7 Å². The monoisotopic (exact) mass is 362 g/mol. The molecule has 0 unspecified atom stereocenters. The van der Waals surface area contributed by atoms with E-state index in [9.17, 15) is 14.4 Å². The SMILES string of the molecule is O=C(CC[C@H]1NC(=O)c2ccccc2NC1=O)Nc1ccc2[nH]ccc2c1. The number of aromatic nitrogens is 1. The number of anilines is 2. The Balaban J connectivity index is 1.38. The summed E-state index contributed by atoms with van der Waals surface area (Å²) in [7, 11) is 0. The molecule has 2 aromatic carbocycles. The fourth-order valence-corrected chi connectivity index (χ4v) is 3.14. The summed E-state index contributed by atoms with van der Waals surface area (Å²) in [6, 6.07) is 13.6. The molecule has 0 aliphatic carbocycles. The number of para-hydroxylation sites is 1. The van der Waals surface area contributed by atoms with Gasteiger partial charge in [-0.25, -0.2) is 0 Å². The third-order valence-corrected chi connectivity index (χ3v) is 4.55. The quantitative estimate of drug-likeness (QED) is 0.574. The number of aromatic amines is 1. The summed E-state index contributed by atoms with van der Waals surface area (Å²) >= 11 is 0. The van der Waals surface area contributed by atoms with E-state index in [0.29, 0.717) is 16.9 Å². The minimum atomic E-state index is -0.761. The smallest absolute Gasteiger partial charge is 0.254 e. The van der Waals surface area contributed by atoms with Crippen LogP contribution in [0.15, 0.2) is 54.7 Å². The third-order valence-electron chi connectivity index (χ3n) is 4.55. The third kappa shape index (κ3) is 3.52. The van der Waals surface area contributed by atoms with Crippen LogP contribution < -0.4 is 16.0 Å². The van der Waals surface area contributed by atoms with Crippen LogP contribution in [0.5, 0.6) is 0 Å². The van der Waals surface area contributed by atoms with Crippen molar-refractivity contribution in [3.8, 4) is 0 Å². The van der Waals surface area contributed by atoms with Crippen molar-refractivity contribution in [3.63, 3.8) is 0 Å². The summed E-state index contributed by atoms with van der Waals surface area (Å²) in [5.41, 5.74) is 2.57. The highest BCUT2D eigenvalue weighted by Crippen LogP contribution is 2.20. The summed E-state index contributed by atoms with van der Waals surface area (Å²) in [4.78, 5) is 40.0. The van der Waals surface area contributed by atoms with Gasteiger partial charge in [0.2, 0.25) is 11.8 Å². The molecule has 1 aliphatic heterocycles. The molecule has 7 heteroatoms. The van der Waals surface area contributed by atoms with Gasteiger partial charge in [0.05, 0.1) is 11.3 Å². The Morgan fingerprint density at radius 2 is 1.93 bits per heavy atom. The van der Waals surface area contributed by atoms with Gasteiger partial charge in [0, 0.05) is 29.2 Å². The lowest BCUT2D eigenvalue weighted by Crippen LogP contribution is -2.41. The topological polar surface area (TPSA) is 103 Å². The number of H-pyrrole nitrogens is 1. The zero-order chi connectivity index (χ0) is 18.8. The Morgan fingerprint density at radius 1 is 1.07 bits per heavy atom. The molecule has 1 aliphatic rings. The normalized spacial score (nSPS) is 16.2. The Bertz CT molecular complexity index is 1040. The molecule has 4 rings (SSSR count). The Hall–Kier alpha value is -3.61. The molecular formula is C20H18N4O3. The predicted octanol–water partition coefficient (Wildman–Crippen LogP) is 2.64. The molecular weight excluding hydrogens is 344 g/mol. The predicted molar refractivity (Wildman–Crippen MR) is 102 cm³/mol. The van der Waals surface area contributed by atoms with Gasteiger partial charge in [0.25, 0.3) is 5.91 Å². The van der Waals surface area contributed by atoms with Crippen LogP contribution in [-0.2, 0) is 9.59 Å². The molecule has 0 radical (unpaired) electrons. The number of rotatable bonds is 4. The van der Waals surface area contributed by atoms with Crippen molar-refractivity contribution in [2.45, 2.75) is 18.9 Å². The molecule has 0 saturated carbocycles. The number of carbonyl (C=O) groups is 3. The van der Waals surface area contributed by atoms with Crippen LogP contribution in [0, 0.1) is 0 Å². The first-order valence-electron chi connectivity index (χ1n) is 8.68. The van der Waals surface area contributed by atoms with E-state index in [4.69, 9.17) is 0 Å². The Labute approximate surface area is 155 Å². The maximum Gasteiger partial charge on any atom is 0.254 e. The molecule has 0 saturated heterocycles. The molecule has 27 heavy (non-hydrogen) atoms. The molecule has 3 amide bonds. The first-order chi connectivity index (χ1) is 13.1. The van der Waals surface area contributed by atoms with Gasteiger partial charge in [-0.1, -0.05) is 12.1 Å². The number of hydrogen-bond donors (Lipinski definition) is 4. The van der Waals surface area contributed by atoms with E-state index in [0.717, 1.165) is 10.9 Å². The highest BCUT2D eigenvalue weighted by atomic mass is 16.2. The zero-order valence-electron chi connectivity index (χ0n) is 14.4. The maximum atomic E-state index is 12.3. The summed E-state index contributed by atoms with van der Waals surface area (Å²) in [5, 5.41) is 9.25. The zero-order valence-corrected chi connectivity index (χ0v) is 14.4. The molecule has 0 spiro atoms. The van der Waals surface area contributed by atoms with E-state index >= 15 is 0 Å². The van der Waals surface area contributed by atoms with Crippen molar-refractivity contribution in [1.82, 2.24) is 10.3 Å². The van der Waals surface area contributed by atoms with Crippen molar-refractivity contribution < 1.29 is 14.4 Å². The summed E-state index contributed by atoms with van der Waals surface area (Å²) in [6.07, 6.45) is 2.16. The van der Waals surface area contributed by atoms with E-state index in [1.807, 2.05) is 30.5 Å². The van der Waals surface area contributed by atoms with Gasteiger partial charge in [-0.3, -0.25) is 14.4 Å². The lowest BCUT2D eigenvalue weighted by atomic mass is 10.1. The molecule has 1 atom stereocenters. The fourth-order valence-electron chi connectivity index (χ4n) is 3.14. The first kappa shape index (κ1) is 16.8. The van der Waals surface area contributed by atoms with E-state index in [1.54, 1.807) is 24.3 Å². The lowest BCUT2D eigenvalue weighted by molar-refractivity contribution is -0.118. The minimum Gasteiger partial charge on any atom is -0.361 e. The highest BCUT2D eigenvalue weighted by molar-refractivity contribution is 6.10. The van der Waals surface area contributed by atoms with Crippen molar-refractivity contribution >= 4 is 40.0 Å². The molecule has 0 bridgehead atoms. The van der Waals surface area contributed by atoms with E-state index < -0.39 is 6.04 Å². The lowest BCUT2D eigenvalue weighted by Gasteiger charge is -2.14. The van der Waals surface area contributed by atoms with Crippen LogP contribution in [0.2, 0.25) is 0 Å². The summed E-state index contributed by atoms with van der Waals surface area (Å²) in [6.45, 7) is 0. The second-order valence-corrected chi connectivity index (χ2v) is 6.43. The van der Waals surface area contributed by atoms with Gasteiger partial charge in [0.15, 0.2) is 0 Å². The van der Waals surface area contributed by atoms with Gasteiger partial charge < -0.3 is 20.9 Å². The van der Waals surface area contributed by atoms with Crippen LogP contribution in [0.25, 0.3) is 10.9 Å². The average Bonchev–Trinajstić information content (AvgIpc) is 3.08. The van der Waals surface area contributed by atoms with Gasteiger partial charge >= 0.3 is 0 Å². The summed E-state index contributed by atoms with van der Waals surface area (Å²) in [5.74, 6) is -0.865. The van der Waals surface area contributed by atoms with Crippen LogP contribution in [0.1, 0.15) is 23.2 Å². The summed E-state index contributed by atoms with van der Waals surface area (Å²) < 4.78 is 0. The van der Waals surface area contributed by atoms with Crippen LogP contribution >= 0.6 is 0 Å². The van der Waals surface area contributed by atoms with Crippen molar-refractivity contribution in [1.29, 1.82) is 0 Å². The van der Waals surface area contributed by atoms with E-state index in [2.05, 4.69) is 20.9 Å². The molecule has 3 aromatic rings. The number of carbonyl (C=O) groups excluding carboxylic acids is 3. The molecule has 4 N–H and O–H groups in total. The molecule has 7 nitrogen and oxygen atoms in total. The minimum absolute atomic E-state index is 0.111. The van der Waals surface area contributed by atoms with Gasteiger partial charge in [-0.05, 0) is 42.8 Å². The molecule has 136 valence electrons. The number of nitrogens with one attached hydrogen (secondary N) is 4. The standard InChI is InChI=1S/C20H18N4O3/c25-18(22-13-5-6-15-12(11-13)9-10-21-15)8-7-17-20(27)23-16-4-2-1-3-14(16)19(26)24-17/h1-6,9-11,17,21H,7-8H2,(H,22,25)(H,23,27)(H,24,26)/t17-/m1/s1. The highest BCUT2D eigenvalue weighted by Gasteiger charge is 2.27. The van der Waals surface area contributed by atoms with Crippen molar-refractivity contribution in [2.75, 3.05) is 10.6 Å². The fraction of sp³-hybridized carbons (Fsp3) is 0.150. The number of amides is 3. The van der Waals surface area contributed by atoms with E-state index in [1.165, 1.54) is 0 Å². The number of fused-ring (bicyclic) bond motifs is 2. The molecule has 1 aromatic heterocycles. The van der Waals surface area contributed by atoms with Crippen LogP contribution in [0.3, 0.4) is 0 Å². The Morgan fingerprint density at radius 3 is 2.81 bits per heavy atom. The second-order valence-electron chi connectivity index (χ2n) is 6.43. The van der Waals surface area contributed by atoms with Gasteiger partial charge in [0.1, 0.15) is 6.04 Å². The van der Waals surface area contributed by atoms with Gasteiger partial charge in [-0.15, -0.1) is 0 Å². The average molecular weight is 362 g/mol. The second kappa shape index (κ2) is 6.95. The largest absolute Gasteiger partial charge is 0.361 e. The van der Waals surface area contributed by atoms with Gasteiger partial charge in [-0.2, -0.15) is 0 Å².